The van der Waals surface area contributed by atoms with Crippen molar-refractivity contribution >= 4 is 0 Å². The molecule has 16 heavy (non-hydrogen) atoms. The number of hydrogen-bond acceptors (Lipinski definition) is 2. The molecule has 0 bridgehead atoms. The van der Waals surface area contributed by atoms with Crippen molar-refractivity contribution < 1.29 is 18.3 Å². The van der Waals surface area contributed by atoms with Gasteiger partial charge in [-0.15, -0.1) is 0 Å². The van der Waals surface area contributed by atoms with Crippen LogP contribution in [-0.2, 0) is 0 Å². The van der Waals surface area contributed by atoms with Crippen LogP contribution in [0.4, 0.5) is 13.2 Å². The molecule has 0 aromatic carbocycles. The minimum atomic E-state index is -4.24. The van der Waals surface area contributed by atoms with Crippen LogP contribution in [0.1, 0.15) is 35.8 Å². The van der Waals surface area contributed by atoms with Crippen LogP contribution in [-0.4, -0.2) is 16.3 Å². The van der Waals surface area contributed by atoms with Crippen molar-refractivity contribution in [1.29, 1.82) is 0 Å². The average Bonchev–Trinajstić information content (AvgIpc) is 2.13. The molecule has 1 rings (SSSR count). The molecule has 2 nitrogen and oxygen atoms in total. The number of aryl methyl sites for hydroxylation is 2. The topological polar surface area (TPSA) is 33.1 Å². The zero-order valence-electron chi connectivity index (χ0n) is 9.17. The first-order chi connectivity index (χ1) is 7.29. The number of hydrogen-bond donors (Lipinski definition) is 1. The van der Waals surface area contributed by atoms with Gasteiger partial charge in [-0.25, -0.2) is 0 Å². The molecule has 0 amide bonds. The molecule has 90 valence electrons. The van der Waals surface area contributed by atoms with Gasteiger partial charge in [-0.05, 0) is 31.4 Å². The maximum Gasteiger partial charge on any atom is 0.389 e. The monoisotopic (exact) mass is 233 g/mol. The Labute approximate surface area is 92.1 Å². The molecule has 0 aliphatic carbocycles. The van der Waals surface area contributed by atoms with Gasteiger partial charge in [0, 0.05) is 12.6 Å². The van der Waals surface area contributed by atoms with Gasteiger partial charge in [-0.3, -0.25) is 4.98 Å². The maximum atomic E-state index is 12.0. The van der Waals surface area contributed by atoms with E-state index in [1.54, 1.807) is 19.2 Å². The number of aliphatic hydroxyl groups excluding tert-OH is 1. The van der Waals surface area contributed by atoms with Crippen LogP contribution in [0.3, 0.4) is 0 Å². The number of rotatable bonds is 3. The van der Waals surface area contributed by atoms with Crippen molar-refractivity contribution in [2.45, 2.75) is 39.0 Å². The van der Waals surface area contributed by atoms with Crippen molar-refractivity contribution in [3.63, 3.8) is 0 Å². The highest BCUT2D eigenvalue weighted by Crippen LogP contribution is 2.27. The lowest BCUT2D eigenvalue weighted by atomic mass is 10.0. The third-order valence-electron chi connectivity index (χ3n) is 2.27. The molecule has 0 aliphatic rings. The van der Waals surface area contributed by atoms with Gasteiger partial charge in [0.1, 0.15) is 0 Å². The van der Waals surface area contributed by atoms with Crippen LogP contribution >= 0.6 is 0 Å². The SMILES string of the molecule is Cc1cnc(C(O)CCC(F)(F)F)c(C)c1. The minimum Gasteiger partial charge on any atom is -0.387 e. The molecule has 0 radical (unpaired) electrons. The fourth-order valence-corrected chi connectivity index (χ4v) is 1.51. The highest BCUT2D eigenvalue weighted by atomic mass is 19.4. The zero-order chi connectivity index (χ0) is 12.3. The van der Waals surface area contributed by atoms with E-state index in [-0.39, 0.29) is 6.42 Å². The van der Waals surface area contributed by atoms with E-state index in [0.717, 1.165) is 11.1 Å². The van der Waals surface area contributed by atoms with Gasteiger partial charge in [0.2, 0.25) is 0 Å². The number of halogens is 3. The first-order valence-corrected chi connectivity index (χ1v) is 4.97. The number of aliphatic hydroxyl groups is 1. The average molecular weight is 233 g/mol. The Kier molecular flexibility index (Phi) is 3.91. The Morgan fingerprint density at radius 1 is 1.38 bits per heavy atom. The van der Waals surface area contributed by atoms with Crippen molar-refractivity contribution in [2.24, 2.45) is 0 Å². The van der Waals surface area contributed by atoms with Crippen molar-refractivity contribution in [3.8, 4) is 0 Å². The molecule has 0 saturated heterocycles. The van der Waals surface area contributed by atoms with E-state index < -0.39 is 18.7 Å². The molecule has 0 fully saturated rings. The van der Waals surface area contributed by atoms with Crippen LogP contribution in [0, 0.1) is 13.8 Å². The quantitative estimate of drug-likeness (QED) is 0.870. The van der Waals surface area contributed by atoms with E-state index in [0.29, 0.717) is 5.69 Å². The molecule has 0 saturated carbocycles. The third kappa shape index (κ3) is 3.81. The predicted molar refractivity (Wildman–Crippen MR) is 54.0 cm³/mol. The Balaban J connectivity index is 2.70. The van der Waals surface area contributed by atoms with Crippen LogP contribution in [0.25, 0.3) is 0 Å². The second-order valence-corrected chi connectivity index (χ2v) is 3.88. The molecule has 1 aromatic rings. The fraction of sp³-hybridized carbons (Fsp3) is 0.545. The lowest BCUT2D eigenvalue weighted by Crippen LogP contribution is -2.11. The van der Waals surface area contributed by atoms with E-state index in [9.17, 15) is 18.3 Å². The summed E-state index contributed by atoms with van der Waals surface area (Å²) < 4.78 is 35.9. The molecule has 5 heteroatoms. The summed E-state index contributed by atoms with van der Waals surface area (Å²) in [6, 6.07) is 1.79. The van der Waals surface area contributed by atoms with Gasteiger partial charge in [0.05, 0.1) is 11.8 Å². The second-order valence-electron chi connectivity index (χ2n) is 3.88. The summed E-state index contributed by atoms with van der Waals surface area (Å²) in [7, 11) is 0. The largest absolute Gasteiger partial charge is 0.389 e. The van der Waals surface area contributed by atoms with Gasteiger partial charge >= 0.3 is 6.18 Å². The normalized spacial score (nSPS) is 13.9. The van der Waals surface area contributed by atoms with Gasteiger partial charge in [0.15, 0.2) is 0 Å². The summed E-state index contributed by atoms with van der Waals surface area (Å²) in [6.07, 6.45) is -5.19. The van der Waals surface area contributed by atoms with Gasteiger partial charge in [0.25, 0.3) is 0 Å². The van der Waals surface area contributed by atoms with Crippen LogP contribution in [0.2, 0.25) is 0 Å². The Morgan fingerprint density at radius 2 is 2.00 bits per heavy atom. The van der Waals surface area contributed by atoms with Crippen molar-refractivity contribution in [3.05, 3.63) is 29.1 Å². The molecule has 1 N–H and O–H groups in total. The Morgan fingerprint density at radius 3 is 2.50 bits per heavy atom. The molecule has 1 aromatic heterocycles. The number of aromatic nitrogens is 1. The summed E-state index contributed by atoms with van der Waals surface area (Å²) in [5.41, 5.74) is 1.97. The van der Waals surface area contributed by atoms with Crippen molar-refractivity contribution in [1.82, 2.24) is 4.98 Å². The fourth-order valence-electron chi connectivity index (χ4n) is 1.51. The van der Waals surface area contributed by atoms with E-state index in [2.05, 4.69) is 4.98 Å². The molecule has 1 atom stereocenters. The van der Waals surface area contributed by atoms with E-state index in [4.69, 9.17) is 0 Å². The van der Waals surface area contributed by atoms with E-state index in [1.165, 1.54) is 0 Å². The zero-order valence-corrected chi connectivity index (χ0v) is 9.17. The molecular weight excluding hydrogens is 219 g/mol. The lowest BCUT2D eigenvalue weighted by molar-refractivity contribution is -0.140. The molecular formula is C11H14F3NO. The summed E-state index contributed by atoms with van der Waals surface area (Å²) >= 11 is 0. The molecule has 1 unspecified atom stereocenters. The predicted octanol–water partition coefficient (Wildman–Crippen LogP) is 3.07. The number of pyridine rings is 1. The Bertz CT molecular complexity index is 363. The molecule has 0 spiro atoms. The number of nitrogens with zero attached hydrogens (tertiary/aromatic N) is 1. The highest BCUT2D eigenvalue weighted by molar-refractivity contribution is 5.24. The first-order valence-electron chi connectivity index (χ1n) is 4.97. The molecule has 1 heterocycles. The smallest absolute Gasteiger partial charge is 0.387 e. The molecule has 0 aliphatic heterocycles. The minimum absolute atomic E-state index is 0.329. The first kappa shape index (κ1) is 13.0. The van der Waals surface area contributed by atoms with Crippen LogP contribution in [0.5, 0.6) is 0 Å². The van der Waals surface area contributed by atoms with E-state index in [1.807, 2.05) is 6.92 Å². The summed E-state index contributed by atoms with van der Waals surface area (Å²) in [5, 5.41) is 9.59. The van der Waals surface area contributed by atoms with Gasteiger partial charge in [-0.1, -0.05) is 6.07 Å². The standard InChI is InChI=1S/C11H14F3NO/c1-7-5-8(2)10(15-6-7)9(16)3-4-11(12,13)14/h5-6,9,16H,3-4H2,1-2H3. The summed E-state index contributed by atoms with van der Waals surface area (Å²) in [4.78, 5) is 3.96. The second kappa shape index (κ2) is 4.82. The third-order valence-corrected chi connectivity index (χ3v) is 2.27. The van der Waals surface area contributed by atoms with Crippen molar-refractivity contribution in [2.75, 3.05) is 0 Å². The summed E-state index contributed by atoms with van der Waals surface area (Å²) in [5.74, 6) is 0. The van der Waals surface area contributed by atoms with Crippen LogP contribution in [0.15, 0.2) is 12.3 Å². The highest BCUT2D eigenvalue weighted by Gasteiger charge is 2.28. The van der Waals surface area contributed by atoms with E-state index >= 15 is 0 Å². The Hall–Kier alpha value is -1.10. The summed E-state index contributed by atoms with van der Waals surface area (Å²) in [6.45, 7) is 3.57. The van der Waals surface area contributed by atoms with Gasteiger partial charge < -0.3 is 5.11 Å². The lowest BCUT2D eigenvalue weighted by Gasteiger charge is -2.14. The van der Waals surface area contributed by atoms with Gasteiger partial charge in [-0.2, -0.15) is 13.2 Å². The number of alkyl halides is 3. The maximum absolute atomic E-state index is 12.0. The van der Waals surface area contributed by atoms with Crippen LogP contribution < -0.4 is 0 Å².